The van der Waals surface area contributed by atoms with E-state index in [0.717, 1.165) is 11.3 Å². The number of hydrogen-bond donors (Lipinski definition) is 0. The zero-order valence-corrected chi connectivity index (χ0v) is 15.9. The number of aromatic nitrogens is 5. The summed E-state index contributed by atoms with van der Waals surface area (Å²) in [7, 11) is 0. The molecule has 6 nitrogen and oxygen atoms in total. The summed E-state index contributed by atoms with van der Waals surface area (Å²) >= 11 is 12.2. The molecule has 4 rings (SSSR count). The first-order valence-electron chi connectivity index (χ1n) is 8.32. The van der Waals surface area contributed by atoms with Gasteiger partial charge in [0, 0.05) is 18.6 Å². The molecule has 27 heavy (non-hydrogen) atoms. The third kappa shape index (κ3) is 3.11. The number of hydrogen-bond acceptors (Lipinski definition) is 4. The number of rotatable bonds is 4. The molecule has 0 spiro atoms. The number of alkyl halides is 1. The first-order valence-corrected chi connectivity index (χ1v) is 9.24. The van der Waals surface area contributed by atoms with Gasteiger partial charge in [-0.3, -0.25) is 9.36 Å². The molecule has 0 saturated heterocycles. The Labute approximate surface area is 165 Å². The van der Waals surface area contributed by atoms with Crippen molar-refractivity contribution in [3.05, 3.63) is 69.9 Å². The molecule has 0 aliphatic carbocycles. The molecule has 3 aromatic heterocycles. The Balaban J connectivity index is 2.03. The van der Waals surface area contributed by atoms with Crippen molar-refractivity contribution in [1.29, 1.82) is 0 Å². The second-order valence-corrected chi connectivity index (χ2v) is 6.79. The molecule has 3 heterocycles. The SMILES string of the molecule is Cc1ccc(-n2ncc3c(=O)n(CCCl)c(-c4cccnc4Cl)nc32)cc1. The molecule has 1 aromatic carbocycles. The molecular weight excluding hydrogens is 385 g/mol. The Hall–Kier alpha value is -2.70. The molecule has 0 radical (unpaired) electrons. The Morgan fingerprint density at radius 3 is 2.63 bits per heavy atom. The van der Waals surface area contributed by atoms with E-state index >= 15 is 0 Å². The van der Waals surface area contributed by atoms with Crippen molar-refractivity contribution in [3.8, 4) is 17.1 Å². The lowest BCUT2D eigenvalue weighted by Crippen LogP contribution is -2.24. The van der Waals surface area contributed by atoms with Crippen LogP contribution >= 0.6 is 23.2 Å². The average molecular weight is 400 g/mol. The second kappa shape index (κ2) is 7.13. The fourth-order valence-corrected chi connectivity index (χ4v) is 3.30. The smallest absolute Gasteiger partial charge is 0.264 e. The number of nitrogens with zero attached hydrogens (tertiary/aromatic N) is 5. The van der Waals surface area contributed by atoms with E-state index in [1.165, 1.54) is 10.8 Å². The molecule has 0 amide bonds. The maximum absolute atomic E-state index is 13.1. The van der Waals surface area contributed by atoms with Crippen LogP contribution in [-0.2, 0) is 6.54 Å². The van der Waals surface area contributed by atoms with Crippen LogP contribution in [0, 0.1) is 6.92 Å². The van der Waals surface area contributed by atoms with Crippen LogP contribution in [0.1, 0.15) is 5.56 Å². The van der Waals surface area contributed by atoms with E-state index < -0.39 is 0 Å². The van der Waals surface area contributed by atoms with Crippen LogP contribution in [0.15, 0.2) is 53.6 Å². The molecule has 0 aliphatic heterocycles. The number of aryl methyl sites for hydroxylation is 1. The highest BCUT2D eigenvalue weighted by atomic mass is 35.5. The van der Waals surface area contributed by atoms with Crippen molar-refractivity contribution in [3.63, 3.8) is 0 Å². The maximum atomic E-state index is 13.1. The fourth-order valence-electron chi connectivity index (χ4n) is 2.93. The molecule has 4 aromatic rings. The summed E-state index contributed by atoms with van der Waals surface area (Å²) in [5.41, 5.74) is 2.77. The van der Waals surface area contributed by atoms with Crippen LogP contribution in [-0.4, -0.2) is 30.2 Å². The highest BCUT2D eigenvalue weighted by molar-refractivity contribution is 6.31. The molecule has 0 atom stereocenters. The fraction of sp³-hybridized carbons (Fsp3) is 0.158. The summed E-state index contributed by atoms with van der Waals surface area (Å²) in [6.45, 7) is 2.32. The highest BCUT2D eigenvalue weighted by Crippen LogP contribution is 2.25. The molecule has 0 N–H and O–H groups in total. The van der Waals surface area contributed by atoms with Gasteiger partial charge in [-0.05, 0) is 31.2 Å². The van der Waals surface area contributed by atoms with Crippen molar-refractivity contribution < 1.29 is 0 Å². The maximum Gasteiger partial charge on any atom is 0.264 e. The summed E-state index contributed by atoms with van der Waals surface area (Å²) in [5, 5.41) is 5.07. The first kappa shape index (κ1) is 17.7. The minimum absolute atomic E-state index is 0.214. The average Bonchev–Trinajstić information content (AvgIpc) is 3.09. The predicted octanol–water partition coefficient (Wildman–Crippen LogP) is 3.84. The van der Waals surface area contributed by atoms with Crippen molar-refractivity contribution in [2.45, 2.75) is 13.5 Å². The Morgan fingerprint density at radius 1 is 1.15 bits per heavy atom. The normalized spacial score (nSPS) is 11.2. The van der Waals surface area contributed by atoms with Crippen LogP contribution in [0.4, 0.5) is 0 Å². The zero-order chi connectivity index (χ0) is 19.0. The highest BCUT2D eigenvalue weighted by Gasteiger charge is 2.18. The summed E-state index contributed by atoms with van der Waals surface area (Å²) < 4.78 is 3.16. The number of benzene rings is 1. The number of pyridine rings is 1. The minimum atomic E-state index is -0.214. The van der Waals surface area contributed by atoms with Crippen LogP contribution in [0.3, 0.4) is 0 Å². The van der Waals surface area contributed by atoms with Crippen molar-refractivity contribution in [1.82, 2.24) is 24.3 Å². The van der Waals surface area contributed by atoms with Gasteiger partial charge in [0.2, 0.25) is 0 Å². The van der Waals surface area contributed by atoms with E-state index in [0.29, 0.717) is 29.0 Å². The van der Waals surface area contributed by atoms with Crippen LogP contribution in [0.5, 0.6) is 0 Å². The van der Waals surface area contributed by atoms with Gasteiger partial charge in [0.25, 0.3) is 5.56 Å². The molecule has 0 unspecified atom stereocenters. The van der Waals surface area contributed by atoms with E-state index in [2.05, 4.69) is 10.1 Å². The monoisotopic (exact) mass is 399 g/mol. The van der Waals surface area contributed by atoms with E-state index in [1.54, 1.807) is 23.0 Å². The molecule has 8 heteroatoms. The Morgan fingerprint density at radius 2 is 1.93 bits per heavy atom. The van der Waals surface area contributed by atoms with Gasteiger partial charge < -0.3 is 0 Å². The number of fused-ring (bicyclic) bond motifs is 1. The van der Waals surface area contributed by atoms with Crippen molar-refractivity contribution in [2.75, 3.05) is 5.88 Å². The quantitative estimate of drug-likeness (QED) is 0.386. The lowest BCUT2D eigenvalue weighted by atomic mass is 10.2. The summed E-state index contributed by atoms with van der Waals surface area (Å²) in [6.07, 6.45) is 3.12. The molecule has 136 valence electrons. The van der Waals surface area contributed by atoms with Gasteiger partial charge >= 0.3 is 0 Å². The molecule has 0 aliphatic rings. The lowest BCUT2D eigenvalue weighted by Gasteiger charge is -2.12. The lowest BCUT2D eigenvalue weighted by molar-refractivity contribution is 0.730. The van der Waals surface area contributed by atoms with E-state index in [-0.39, 0.29) is 16.6 Å². The molecule has 0 saturated carbocycles. The minimum Gasteiger partial charge on any atom is -0.291 e. The van der Waals surface area contributed by atoms with Crippen molar-refractivity contribution >= 4 is 34.2 Å². The standard InChI is InChI=1S/C19H15Cl2N5O/c1-12-4-6-13(7-5-12)26-18-15(11-23-26)19(27)25(10-8-20)17(24-18)14-3-2-9-22-16(14)21/h2-7,9,11H,8,10H2,1H3. The largest absolute Gasteiger partial charge is 0.291 e. The molecule has 0 bridgehead atoms. The van der Waals surface area contributed by atoms with Gasteiger partial charge in [0.15, 0.2) is 5.65 Å². The van der Waals surface area contributed by atoms with E-state index in [9.17, 15) is 4.79 Å². The third-order valence-electron chi connectivity index (χ3n) is 4.27. The Bertz CT molecular complexity index is 1180. The molecular formula is C19H15Cl2N5O. The summed E-state index contributed by atoms with van der Waals surface area (Å²) in [6, 6.07) is 11.4. The van der Waals surface area contributed by atoms with Gasteiger partial charge in [0.1, 0.15) is 16.4 Å². The van der Waals surface area contributed by atoms with E-state index in [4.69, 9.17) is 28.2 Å². The first-order chi connectivity index (χ1) is 13.1. The van der Waals surface area contributed by atoms with E-state index in [1.807, 2.05) is 31.2 Å². The van der Waals surface area contributed by atoms with Gasteiger partial charge in [0.05, 0.1) is 17.4 Å². The summed E-state index contributed by atoms with van der Waals surface area (Å²) in [5.74, 6) is 0.685. The second-order valence-electron chi connectivity index (χ2n) is 6.05. The van der Waals surface area contributed by atoms with Gasteiger partial charge in [-0.15, -0.1) is 11.6 Å². The number of halogens is 2. The van der Waals surface area contributed by atoms with Crippen LogP contribution in [0.2, 0.25) is 5.15 Å². The zero-order valence-electron chi connectivity index (χ0n) is 14.4. The van der Waals surface area contributed by atoms with Gasteiger partial charge in [-0.2, -0.15) is 5.10 Å². The van der Waals surface area contributed by atoms with Crippen LogP contribution < -0.4 is 5.56 Å². The van der Waals surface area contributed by atoms with Gasteiger partial charge in [-0.1, -0.05) is 29.3 Å². The third-order valence-corrected chi connectivity index (χ3v) is 4.74. The molecule has 0 fully saturated rings. The topological polar surface area (TPSA) is 65.6 Å². The summed E-state index contributed by atoms with van der Waals surface area (Å²) in [4.78, 5) is 21.9. The van der Waals surface area contributed by atoms with Crippen LogP contribution in [0.25, 0.3) is 28.1 Å². The predicted molar refractivity (Wildman–Crippen MR) is 107 cm³/mol. The Kier molecular flexibility index (Phi) is 4.68. The van der Waals surface area contributed by atoms with Crippen molar-refractivity contribution in [2.24, 2.45) is 0 Å². The van der Waals surface area contributed by atoms with Gasteiger partial charge in [-0.25, -0.2) is 14.6 Å².